The average molecular weight is 337 g/mol. The van der Waals surface area contributed by atoms with Crippen LogP contribution in [0.2, 0.25) is 5.02 Å². The summed E-state index contributed by atoms with van der Waals surface area (Å²) < 4.78 is 6.30. The van der Waals surface area contributed by atoms with Crippen molar-refractivity contribution in [3.05, 3.63) is 38.4 Å². The molecule has 0 unspecified atom stereocenters. The molecule has 0 aliphatic rings. The molecule has 0 amide bonds. The predicted molar refractivity (Wildman–Crippen MR) is 62.3 cm³/mol. The Hall–Kier alpha value is -0.320. The van der Waals surface area contributed by atoms with E-state index in [-0.39, 0.29) is 0 Å². The molecule has 0 radical (unpaired) electrons. The van der Waals surface area contributed by atoms with Gasteiger partial charge in [0.1, 0.15) is 10.7 Å². The number of halogens is 3. The largest absolute Gasteiger partial charge is 0.347 e. The van der Waals surface area contributed by atoms with Gasteiger partial charge < -0.3 is 4.52 Å². The van der Waals surface area contributed by atoms with Crippen LogP contribution in [0.1, 0.15) is 0 Å². The van der Waals surface area contributed by atoms with Crippen molar-refractivity contribution in [1.82, 2.24) is 5.16 Å². The van der Waals surface area contributed by atoms with Crippen LogP contribution in [0.3, 0.4) is 0 Å². The lowest BCUT2D eigenvalue weighted by molar-refractivity contribution is 0.402. The zero-order valence-electron chi connectivity index (χ0n) is 6.80. The van der Waals surface area contributed by atoms with Gasteiger partial charge in [0.05, 0.1) is 0 Å². The first-order valence-electron chi connectivity index (χ1n) is 3.75. The Morgan fingerprint density at radius 3 is 2.50 bits per heavy atom. The molecule has 0 spiro atoms. The molecule has 0 N–H and O–H groups in total. The first-order valence-corrected chi connectivity index (χ1v) is 5.72. The van der Waals surface area contributed by atoms with Gasteiger partial charge in [-0.1, -0.05) is 50.9 Å². The highest BCUT2D eigenvalue weighted by Gasteiger charge is 2.15. The summed E-state index contributed by atoms with van der Waals surface area (Å²) in [5.74, 6) is 0. The first kappa shape index (κ1) is 10.2. The van der Waals surface area contributed by atoms with E-state index in [2.05, 4.69) is 37.0 Å². The Labute approximate surface area is 102 Å². The molecular formula is C9H4Br2ClNO. The third-order valence-corrected chi connectivity index (χ3v) is 3.54. The molecule has 0 atom stereocenters. The van der Waals surface area contributed by atoms with E-state index in [9.17, 15) is 0 Å². The second-order valence-corrected chi connectivity index (χ2v) is 4.55. The SMILES string of the molecule is Clc1c(-c2ccccc2Br)noc1Br. The zero-order chi connectivity index (χ0) is 10.1. The number of nitrogens with zero attached hydrogens (tertiary/aromatic N) is 1. The van der Waals surface area contributed by atoms with Crippen molar-refractivity contribution in [2.45, 2.75) is 0 Å². The van der Waals surface area contributed by atoms with Crippen LogP contribution in [0.4, 0.5) is 0 Å². The minimum atomic E-state index is 0.449. The number of rotatable bonds is 1. The Balaban J connectivity index is 2.60. The lowest BCUT2D eigenvalue weighted by Crippen LogP contribution is -1.79. The Kier molecular flexibility index (Phi) is 2.95. The molecule has 0 saturated carbocycles. The summed E-state index contributed by atoms with van der Waals surface area (Å²) in [5, 5.41) is 4.35. The molecule has 0 aliphatic heterocycles. The fraction of sp³-hybridized carbons (Fsp3) is 0. The summed E-state index contributed by atoms with van der Waals surface area (Å²) >= 11 is 12.6. The molecule has 2 nitrogen and oxygen atoms in total. The van der Waals surface area contributed by atoms with Crippen molar-refractivity contribution in [2.75, 3.05) is 0 Å². The van der Waals surface area contributed by atoms with E-state index in [4.69, 9.17) is 16.1 Å². The van der Waals surface area contributed by atoms with Gasteiger partial charge in [-0.25, -0.2) is 0 Å². The van der Waals surface area contributed by atoms with Crippen molar-refractivity contribution >= 4 is 43.5 Å². The van der Waals surface area contributed by atoms with Crippen molar-refractivity contribution < 1.29 is 4.52 Å². The number of aromatic nitrogens is 1. The summed E-state index contributed by atoms with van der Waals surface area (Å²) in [7, 11) is 0. The normalized spacial score (nSPS) is 10.5. The van der Waals surface area contributed by atoms with Gasteiger partial charge in [0.25, 0.3) is 0 Å². The highest BCUT2D eigenvalue weighted by Crippen LogP contribution is 2.36. The van der Waals surface area contributed by atoms with Gasteiger partial charge >= 0.3 is 0 Å². The van der Waals surface area contributed by atoms with E-state index >= 15 is 0 Å². The third kappa shape index (κ3) is 1.74. The molecule has 0 fully saturated rings. The average Bonchev–Trinajstić information content (AvgIpc) is 2.49. The van der Waals surface area contributed by atoms with E-state index < -0.39 is 0 Å². The molecule has 0 bridgehead atoms. The Morgan fingerprint density at radius 2 is 1.93 bits per heavy atom. The van der Waals surface area contributed by atoms with Gasteiger partial charge in [0.15, 0.2) is 0 Å². The quantitative estimate of drug-likeness (QED) is 0.765. The summed E-state index contributed by atoms with van der Waals surface area (Å²) in [6, 6.07) is 7.68. The minimum Gasteiger partial charge on any atom is -0.347 e. The molecule has 1 heterocycles. The van der Waals surface area contributed by atoms with Gasteiger partial charge in [0, 0.05) is 10.0 Å². The second-order valence-electron chi connectivity index (χ2n) is 2.60. The maximum atomic E-state index is 5.99. The molecule has 14 heavy (non-hydrogen) atoms. The molecule has 72 valence electrons. The number of benzene rings is 1. The van der Waals surface area contributed by atoms with E-state index in [0.29, 0.717) is 15.4 Å². The van der Waals surface area contributed by atoms with Crippen LogP contribution >= 0.6 is 43.5 Å². The summed E-state index contributed by atoms with van der Waals surface area (Å²) in [6.07, 6.45) is 0. The van der Waals surface area contributed by atoms with Gasteiger partial charge in [-0.3, -0.25) is 0 Å². The highest BCUT2D eigenvalue weighted by molar-refractivity contribution is 9.10. The maximum Gasteiger partial charge on any atom is 0.221 e. The maximum absolute atomic E-state index is 5.99. The predicted octanol–water partition coefficient (Wildman–Crippen LogP) is 4.52. The van der Waals surface area contributed by atoms with Crippen LogP contribution in [0, 0.1) is 0 Å². The first-order chi connectivity index (χ1) is 6.70. The van der Waals surface area contributed by atoms with E-state index in [1.54, 1.807) is 0 Å². The monoisotopic (exact) mass is 335 g/mol. The van der Waals surface area contributed by atoms with Crippen LogP contribution < -0.4 is 0 Å². The smallest absolute Gasteiger partial charge is 0.221 e. The molecule has 2 aromatic rings. The fourth-order valence-electron chi connectivity index (χ4n) is 1.08. The molecule has 0 saturated heterocycles. The van der Waals surface area contributed by atoms with E-state index in [1.807, 2.05) is 24.3 Å². The van der Waals surface area contributed by atoms with E-state index in [1.165, 1.54) is 0 Å². The van der Waals surface area contributed by atoms with Crippen LogP contribution in [0.25, 0.3) is 11.3 Å². The molecule has 2 rings (SSSR count). The Bertz CT molecular complexity index is 470. The molecule has 1 aromatic heterocycles. The van der Waals surface area contributed by atoms with Gasteiger partial charge in [-0.2, -0.15) is 0 Å². The van der Waals surface area contributed by atoms with Crippen molar-refractivity contribution in [2.24, 2.45) is 0 Å². The number of hydrogen-bond acceptors (Lipinski definition) is 2. The van der Waals surface area contributed by atoms with E-state index in [0.717, 1.165) is 10.0 Å². The van der Waals surface area contributed by atoms with Crippen molar-refractivity contribution in [1.29, 1.82) is 0 Å². The van der Waals surface area contributed by atoms with Crippen molar-refractivity contribution in [3.63, 3.8) is 0 Å². The molecule has 1 aromatic carbocycles. The van der Waals surface area contributed by atoms with Gasteiger partial charge in [-0.15, -0.1) is 0 Å². The van der Waals surface area contributed by atoms with Crippen molar-refractivity contribution in [3.8, 4) is 11.3 Å². The third-order valence-electron chi connectivity index (χ3n) is 1.73. The standard InChI is InChI=1S/C9H4Br2ClNO/c10-6-4-2-1-3-5(6)8-7(12)9(11)14-13-8/h1-4H. The Morgan fingerprint density at radius 1 is 1.21 bits per heavy atom. The summed E-state index contributed by atoms with van der Waals surface area (Å²) in [5.41, 5.74) is 1.54. The van der Waals surface area contributed by atoms with Gasteiger partial charge in [-0.05, 0) is 22.0 Å². The lowest BCUT2D eigenvalue weighted by Gasteiger charge is -1.98. The van der Waals surface area contributed by atoms with Crippen LogP contribution in [0.5, 0.6) is 0 Å². The summed E-state index contributed by atoms with van der Waals surface area (Å²) in [6.45, 7) is 0. The zero-order valence-corrected chi connectivity index (χ0v) is 10.7. The lowest BCUT2D eigenvalue weighted by atomic mass is 10.2. The fourth-order valence-corrected chi connectivity index (χ4v) is 1.98. The van der Waals surface area contributed by atoms with Gasteiger partial charge in [0.2, 0.25) is 4.67 Å². The topological polar surface area (TPSA) is 26.0 Å². The second kappa shape index (κ2) is 4.04. The van der Waals surface area contributed by atoms with Crippen LogP contribution in [-0.2, 0) is 0 Å². The van der Waals surface area contributed by atoms with Crippen LogP contribution in [0.15, 0.2) is 37.9 Å². The number of hydrogen-bond donors (Lipinski definition) is 0. The minimum absolute atomic E-state index is 0.449. The molecular weight excluding hydrogens is 333 g/mol. The molecule has 5 heteroatoms. The summed E-state index contributed by atoms with van der Waals surface area (Å²) in [4.78, 5) is 0. The molecule has 0 aliphatic carbocycles. The van der Waals surface area contributed by atoms with Crippen LogP contribution in [-0.4, -0.2) is 5.16 Å². The highest BCUT2D eigenvalue weighted by atomic mass is 79.9.